The zero-order chi connectivity index (χ0) is 12.0. The van der Waals surface area contributed by atoms with Crippen LogP contribution in [-0.2, 0) is 19.1 Å². The first-order valence-corrected chi connectivity index (χ1v) is 5.66. The molecule has 5 nitrogen and oxygen atoms in total. The van der Waals surface area contributed by atoms with E-state index in [2.05, 4.69) is 4.74 Å². The van der Waals surface area contributed by atoms with Crippen molar-refractivity contribution in [3.8, 4) is 0 Å². The second-order valence-electron chi connectivity index (χ2n) is 3.75. The zero-order valence-electron chi connectivity index (χ0n) is 9.90. The lowest BCUT2D eigenvalue weighted by Gasteiger charge is -2.23. The van der Waals surface area contributed by atoms with E-state index in [1.165, 1.54) is 7.11 Å². The summed E-state index contributed by atoms with van der Waals surface area (Å²) in [5, 5.41) is 0. The fourth-order valence-corrected chi connectivity index (χ4v) is 1.73. The number of nitrogens with zero attached hydrogens (tertiary/aromatic N) is 1. The number of methoxy groups -OCH3 is 1. The van der Waals surface area contributed by atoms with E-state index in [0.717, 1.165) is 12.8 Å². The second-order valence-corrected chi connectivity index (χ2v) is 3.75. The van der Waals surface area contributed by atoms with Crippen molar-refractivity contribution in [2.24, 2.45) is 0 Å². The van der Waals surface area contributed by atoms with E-state index in [-0.39, 0.29) is 24.4 Å². The predicted octanol–water partition coefficient (Wildman–Crippen LogP) is 0.577. The summed E-state index contributed by atoms with van der Waals surface area (Å²) >= 11 is 0. The highest BCUT2D eigenvalue weighted by Crippen LogP contribution is 2.14. The number of carbonyl (C=O) groups is 2. The molecule has 0 aliphatic carbocycles. The molecule has 1 rings (SSSR count). The lowest BCUT2D eigenvalue weighted by molar-refractivity contribution is -0.144. The molecule has 0 aromatic carbocycles. The molecule has 0 aromatic rings. The van der Waals surface area contributed by atoms with Gasteiger partial charge in [0.25, 0.3) is 5.91 Å². The molecule has 0 spiro atoms. The maximum Gasteiger partial charge on any atom is 0.307 e. The number of amides is 1. The molecule has 92 valence electrons. The molecule has 0 saturated carbocycles. The third-order valence-corrected chi connectivity index (χ3v) is 2.71. The van der Waals surface area contributed by atoms with Gasteiger partial charge >= 0.3 is 5.97 Å². The van der Waals surface area contributed by atoms with Gasteiger partial charge in [-0.25, -0.2) is 0 Å². The average molecular weight is 229 g/mol. The van der Waals surface area contributed by atoms with Gasteiger partial charge in [-0.15, -0.1) is 0 Å². The molecule has 1 aliphatic rings. The van der Waals surface area contributed by atoms with Crippen LogP contribution in [-0.4, -0.2) is 49.7 Å². The van der Waals surface area contributed by atoms with Crippen LogP contribution in [0.25, 0.3) is 0 Å². The fraction of sp³-hybridized carbons (Fsp3) is 0.818. The Morgan fingerprint density at radius 3 is 2.75 bits per heavy atom. The van der Waals surface area contributed by atoms with Crippen molar-refractivity contribution in [3.05, 3.63) is 0 Å². The van der Waals surface area contributed by atoms with Gasteiger partial charge in [0.1, 0.15) is 6.10 Å². The van der Waals surface area contributed by atoms with E-state index in [4.69, 9.17) is 4.74 Å². The number of likely N-dealkylation sites (N-methyl/N-ethyl adjacent to an activating group) is 1. The quantitative estimate of drug-likeness (QED) is 0.647. The normalized spacial score (nSPS) is 19.5. The summed E-state index contributed by atoms with van der Waals surface area (Å²) in [5.41, 5.74) is 0. The summed E-state index contributed by atoms with van der Waals surface area (Å²) < 4.78 is 9.87. The SMILES string of the molecule is CCN(CCC(=O)OC)C(=O)C1CCCO1. The maximum atomic E-state index is 11.9. The largest absolute Gasteiger partial charge is 0.469 e. The van der Waals surface area contributed by atoms with Crippen LogP contribution < -0.4 is 0 Å². The lowest BCUT2D eigenvalue weighted by Crippen LogP contribution is -2.40. The smallest absolute Gasteiger partial charge is 0.307 e. The fourth-order valence-electron chi connectivity index (χ4n) is 1.73. The Hall–Kier alpha value is -1.10. The number of carbonyl (C=O) groups excluding carboxylic acids is 2. The number of rotatable bonds is 5. The van der Waals surface area contributed by atoms with Gasteiger partial charge in [0.15, 0.2) is 0 Å². The van der Waals surface area contributed by atoms with E-state index >= 15 is 0 Å². The molecule has 1 unspecified atom stereocenters. The molecular weight excluding hydrogens is 210 g/mol. The Labute approximate surface area is 95.7 Å². The minimum Gasteiger partial charge on any atom is -0.469 e. The predicted molar refractivity (Wildman–Crippen MR) is 57.9 cm³/mol. The van der Waals surface area contributed by atoms with Gasteiger partial charge in [0.2, 0.25) is 0 Å². The summed E-state index contributed by atoms with van der Waals surface area (Å²) in [6.07, 6.45) is 1.65. The average Bonchev–Trinajstić information content (AvgIpc) is 2.82. The molecule has 1 amide bonds. The van der Waals surface area contributed by atoms with Crippen LogP contribution in [0.3, 0.4) is 0 Å². The Morgan fingerprint density at radius 2 is 2.25 bits per heavy atom. The van der Waals surface area contributed by atoms with Crippen molar-refractivity contribution < 1.29 is 19.1 Å². The number of hydrogen-bond acceptors (Lipinski definition) is 4. The van der Waals surface area contributed by atoms with Gasteiger partial charge in [0, 0.05) is 19.7 Å². The molecule has 1 heterocycles. The molecule has 16 heavy (non-hydrogen) atoms. The molecule has 1 saturated heterocycles. The summed E-state index contributed by atoms with van der Waals surface area (Å²) in [6, 6.07) is 0. The van der Waals surface area contributed by atoms with Crippen LogP contribution in [0.5, 0.6) is 0 Å². The number of esters is 1. The highest BCUT2D eigenvalue weighted by atomic mass is 16.5. The molecule has 1 aliphatic heterocycles. The van der Waals surface area contributed by atoms with Gasteiger partial charge in [-0.1, -0.05) is 0 Å². The van der Waals surface area contributed by atoms with Gasteiger partial charge < -0.3 is 14.4 Å². The molecular formula is C11H19NO4. The van der Waals surface area contributed by atoms with Crippen molar-refractivity contribution in [3.63, 3.8) is 0 Å². The Kier molecular flexibility index (Phi) is 5.25. The zero-order valence-corrected chi connectivity index (χ0v) is 9.90. The Bertz CT molecular complexity index is 248. The molecule has 5 heteroatoms. The lowest BCUT2D eigenvalue weighted by atomic mass is 10.2. The summed E-state index contributed by atoms with van der Waals surface area (Å²) in [5.74, 6) is -0.303. The minimum atomic E-state index is -0.308. The van der Waals surface area contributed by atoms with Gasteiger partial charge in [-0.3, -0.25) is 9.59 Å². The van der Waals surface area contributed by atoms with Crippen LogP contribution in [0.2, 0.25) is 0 Å². The van der Waals surface area contributed by atoms with Gasteiger partial charge in [-0.2, -0.15) is 0 Å². The standard InChI is InChI=1S/C11H19NO4/c1-3-12(7-6-10(13)15-2)11(14)9-5-4-8-16-9/h9H,3-8H2,1-2H3. The third-order valence-electron chi connectivity index (χ3n) is 2.71. The van der Waals surface area contributed by atoms with Crippen molar-refractivity contribution in [2.75, 3.05) is 26.8 Å². The van der Waals surface area contributed by atoms with Crippen LogP contribution in [0.1, 0.15) is 26.2 Å². The highest BCUT2D eigenvalue weighted by molar-refractivity contribution is 5.81. The highest BCUT2D eigenvalue weighted by Gasteiger charge is 2.27. The first-order valence-electron chi connectivity index (χ1n) is 5.66. The third kappa shape index (κ3) is 3.48. The van der Waals surface area contributed by atoms with Gasteiger partial charge in [0.05, 0.1) is 13.5 Å². The molecule has 0 aromatic heterocycles. The van der Waals surface area contributed by atoms with E-state index in [1.807, 2.05) is 6.92 Å². The maximum absolute atomic E-state index is 11.9. The summed E-state index contributed by atoms with van der Waals surface area (Å²) in [7, 11) is 1.35. The first kappa shape index (κ1) is 13.0. The Morgan fingerprint density at radius 1 is 1.50 bits per heavy atom. The van der Waals surface area contributed by atoms with E-state index in [0.29, 0.717) is 19.7 Å². The van der Waals surface area contributed by atoms with Crippen molar-refractivity contribution in [1.82, 2.24) is 4.90 Å². The molecule has 1 fully saturated rings. The van der Waals surface area contributed by atoms with E-state index in [1.54, 1.807) is 4.90 Å². The van der Waals surface area contributed by atoms with Crippen molar-refractivity contribution in [2.45, 2.75) is 32.3 Å². The van der Waals surface area contributed by atoms with Crippen LogP contribution >= 0.6 is 0 Å². The number of hydrogen-bond donors (Lipinski definition) is 0. The Balaban J connectivity index is 2.40. The van der Waals surface area contributed by atoms with E-state index < -0.39 is 0 Å². The monoisotopic (exact) mass is 229 g/mol. The molecule has 0 radical (unpaired) electrons. The minimum absolute atomic E-state index is 0.0103. The van der Waals surface area contributed by atoms with Crippen LogP contribution in [0, 0.1) is 0 Å². The van der Waals surface area contributed by atoms with E-state index in [9.17, 15) is 9.59 Å². The van der Waals surface area contributed by atoms with Crippen LogP contribution in [0.15, 0.2) is 0 Å². The molecule has 0 N–H and O–H groups in total. The molecule has 0 bridgehead atoms. The van der Waals surface area contributed by atoms with Crippen LogP contribution in [0.4, 0.5) is 0 Å². The second kappa shape index (κ2) is 6.48. The van der Waals surface area contributed by atoms with Crippen molar-refractivity contribution >= 4 is 11.9 Å². The topological polar surface area (TPSA) is 55.8 Å². The summed E-state index contributed by atoms with van der Waals surface area (Å²) in [4.78, 5) is 24.6. The molecule has 1 atom stereocenters. The number of ether oxygens (including phenoxy) is 2. The first-order chi connectivity index (χ1) is 7.69. The van der Waals surface area contributed by atoms with Crippen molar-refractivity contribution in [1.29, 1.82) is 0 Å². The summed E-state index contributed by atoms with van der Waals surface area (Å²) in [6.45, 7) is 3.55. The van der Waals surface area contributed by atoms with Gasteiger partial charge in [-0.05, 0) is 19.8 Å².